The number of furan rings is 1. The fraction of sp³-hybridized carbons (Fsp3) is 0.583. The summed E-state index contributed by atoms with van der Waals surface area (Å²) in [7, 11) is 0. The summed E-state index contributed by atoms with van der Waals surface area (Å²) < 4.78 is 10.0. The molecule has 8 heteroatoms. The Hall–Kier alpha value is -2.09. The maximum atomic E-state index is 11.4. The van der Waals surface area contributed by atoms with Gasteiger partial charge < -0.3 is 20.2 Å². The Kier molecular flexibility index (Phi) is 5.09. The summed E-state index contributed by atoms with van der Waals surface area (Å²) in [5, 5.41) is 13.0. The van der Waals surface area contributed by atoms with Crippen LogP contribution in [-0.4, -0.2) is 29.2 Å². The van der Waals surface area contributed by atoms with E-state index in [1.54, 1.807) is 20.8 Å². The molecule has 3 N–H and O–H groups in total. The average molecular weight is 285 g/mol. The highest BCUT2D eigenvalue weighted by molar-refractivity contribution is 5.67. The van der Waals surface area contributed by atoms with E-state index in [0.717, 1.165) is 0 Å². The molecule has 0 aliphatic carbocycles. The van der Waals surface area contributed by atoms with Crippen molar-refractivity contribution in [3.8, 4) is 0 Å². The average Bonchev–Trinajstić information content (AvgIpc) is 2.72. The third-order valence-corrected chi connectivity index (χ3v) is 2.20. The van der Waals surface area contributed by atoms with Gasteiger partial charge in [-0.1, -0.05) is 0 Å². The molecule has 0 saturated heterocycles. The Bertz CT molecular complexity index is 478. The highest BCUT2D eigenvalue weighted by atomic mass is 16.6. The molecule has 0 aliphatic heterocycles. The van der Waals surface area contributed by atoms with Gasteiger partial charge in [0.05, 0.1) is 6.07 Å². The van der Waals surface area contributed by atoms with E-state index in [9.17, 15) is 14.9 Å². The van der Waals surface area contributed by atoms with Gasteiger partial charge in [-0.05, 0) is 26.8 Å². The number of alkyl carbamates (subject to hydrolysis) is 1. The predicted octanol–water partition coefficient (Wildman–Crippen LogP) is 1.58. The van der Waals surface area contributed by atoms with Gasteiger partial charge in [0, 0.05) is 19.0 Å². The quantitative estimate of drug-likeness (QED) is 0.626. The number of hydrogen-bond donors (Lipinski definition) is 2. The van der Waals surface area contributed by atoms with Crippen molar-refractivity contribution in [2.24, 2.45) is 5.73 Å². The van der Waals surface area contributed by atoms with Crippen molar-refractivity contribution in [3.63, 3.8) is 0 Å². The monoisotopic (exact) mass is 285 g/mol. The zero-order valence-corrected chi connectivity index (χ0v) is 11.7. The topological polar surface area (TPSA) is 121 Å². The second kappa shape index (κ2) is 6.38. The lowest BCUT2D eigenvalue weighted by atomic mass is 10.2. The van der Waals surface area contributed by atoms with Gasteiger partial charge in [0.25, 0.3) is 0 Å². The number of carbonyl (C=O) groups excluding carboxylic acids is 1. The van der Waals surface area contributed by atoms with Crippen LogP contribution in [0, 0.1) is 10.1 Å². The molecule has 8 nitrogen and oxygen atoms in total. The minimum atomic E-state index is -0.617. The van der Waals surface area contributed by atoms with Gasteiger partial charge in [-0.2, -0.15) is 0 Å². The third kappa shape index (κ3) is 5.70. The molecule has 1 amide bonds. The van der Waals surface area contributed by atoms with Crippen LogP contribution in [-0.2, 0) is 11.2 Å². The van der Waals surface area contributed by atoms with Gasteiger partial charge in [0.15, 0.2) is 0 Å². The van der Waals surface area contributed by atoms with E-state index in [1.165, 1.54) is 12.1 Å². The molecule has 1 unspecified atom stereocenters. The van der Waals surface area contributed by atoms with Crippen LogP contribution in [0.25, 0.3) is 0 Å². The molecule has 0 fully saturated rings. The van der Waals surface area contributed by atoms with Crippen molar-refractivity contribution in [2.75, 3.05) is 6.54 Å². The molecule has 112 valence electrons. The van der Waals surface area contributed by atoms with Crippen LogP contribution in [0.3, 0.4) is 0 Å². The van der Waals surface area contributed by atoms with Crippen molar-refractivity contribution < 1.29 is 18.9 Å². The molecule has 1 aromatic rings. The first-order valence-corrected chi connectivity index (χ1v) is 6.13. The molecule has 1 atom stereocenters. The number of carbonyl (C=O) groups is 1. The number of nitro groups is 1. The Balaban J connectivity index is 2.38. The number of ether oxygens (including phenoxy) is 1. The first kappa shape index (κ1) is 16.0. The van der Waals surface area contributed by atoms with Gasteiger partial charge >= 0.3 is 12.0 Å². The van der Waals surface area contributed by atoms with Crippen LogP contribution in [0.1, 0.15) is 26.5 Å². The summed E-state index contributed by atoms with van der Waals surface area (Å²) in [5.41, 5.74) is 5.23. The molecule has 1 aromatic heterocycles. The Morgan fingerprint density at radius 3 is 2.70 bits per heavy atom. The van der Waals surface area contributed by atoms with Crippen LogP contribution in [0.5, 0.6) is 0 Å². The molecule has 0 radical (unpaired) electrons. The first-order valence-electron chi connectivity index (χ1n) is 6.13. The van der Waals surface area contributed by atoms with Crippen LogP contribution >= 0.6 is 0 Å². The summed E-state index contributed by atoms with van der Waals surface area (Å²) >= 11 is 0. The number of hydrogen-bond acceptors (Lipinski definition) is 6. The Morgan fingerprint density at radius 2 is 2.20 bits per heavy atom. The van der Waals surface area contributed by atoms with Crippen LogP contribution in [0.4, 0.5) is 10.7 Å². The van der Waals surface area contributed by atoms with E-state index < -0.39 is 22.7 Å². The second-order valence-electron chi connectivity index (χ2n) is 5.34. The predicted molar refractivity (Wildman–Crippen MR) is 71.3 cm³/mol. The van der Waals surface area contributed by atoms with Crippen LogP contribution in [0.15, 0.2) is 16.5 Å². The second-order valence-corrected chi connectivity index (χ2v) is 5.34. The van der Waals surface area contributed by atoms with E-state index in [2.05, 4.69) is 5.32 Å². The number of amides is 1. The smallest absolute Gasteiger partial charge is 0.433 e. The molecular weight excluding hydrogens is 266 g/mol. The number of nitrogens with zero attached hydrogens (tertiary/aromatic N) is 1. The maximum absolute atomic E-state index is 11.4. The molecule has 1 rings (SSSR count). The van der Waals surface area contributed by atoms with E-state index in [0.29, 0.717) is 5.76 Å². The van der Waals surface area contributed by atoms with Crippen molar-refractivity contribution >= 4 is 12.0 Å². The fourth-order valence-electron chi connectivity index (χ4n) is 1.43. The third-order valence-electron chi connectivity index (χ3n) is 2.20. The van der Waals surface area contributed by atoms with Gasteiger partial charge in [0.2, 0.25) is 0 Å². The van der Waals surface area contributed by atoms with E-state index in [4.69, 9.17) is 14.9 Å². The zero-order chi connectivity index (χ0) is 15.3. The summed E-state index contributed by atoms with van der Waals surface area (Å²) in [6.45, 7) is 5.46. The summed E-state index contributed by atoms with van der Waals surface area (Å²) in [5.74, 6) is 0.0718. The van der Waals surface area contributed by atoms with Crippen molar-refractivity contribution in [1.29, 1.82) is 0 Å². The Morgan fingerprint density at radius 1 is 1.55 bits per heavy atom. The Labute approximate surface area is 116 Å². The standard InChI is InChI=1S/C12H19N3O5/c1-12(2,3)20-11(16)14-7-8(13)6-9-4-5-10(19-9)15(17)18/h4-5,8H,6-7,13H2,1-3H3,(H,14,16). The van der Waals surface area contributed by atoms with Gasteiger partial charge in [-0.15, -0.1) is 0 Å². The largest absolute Gasteiger partial charge is 0.444 e. The number of rotatable bonds is 5. The van der Waals surface area contributed by atoms with E-state index in [-0.39, 0.29) is 18.8 Å². The van der Waals surface area contributed by atoms with Crippen molar-refractivity contribution in [3.05, 3.63) is 28.0 Å². The number of nitrogens with two attached hydrogens (primary N) is 1. The molecule has 0 saturated carbocycles. The number of nitrogens with one attached hydrogen (secondary N) is 1. The summed E-state index contributed by atoms with van der Waals surface area (Å²) in [6, 6.07) is 2.34. The molecule has 0 aromatic carbocycles. The van der Waals surface area contributed by atoms with E-state index in [1.807, 2.05) is 0 Å². The SMILES string of the molecule is CC(C)(C)OC(=O)NCC(N)Cc1ccc([N+](=O)[O-])o1. The molecule has 0 spiro atoms. The molecule has 20 heavy (non-hydrogen) atoms. The van der Waals surface area contributed by atoms with Crippen LogP contribution < -0.4 is 11.1 Å². The maximum Gasteiger partial charge on any atom is 0.433 e. The van der Waals surface area contributed by atoms with E-state index >= 15 is 0 Å². The van der Waals surface area contributed by atoms with Gasteiger partial charge in [0.1, 0.15) is 16.3 Å². The molecule has 1 heterocycles. The van der Waals surface area contributed by atoms with Crippen molar-refractivity contribution in [2.45, 2.75) is 38.8 Å². The lowest BCUT2D eigenvalue weighted by Crippen LogP contribution is -2.41. The fourth-order valence-corrected chi connectivity index (χ4v) is 1.43. The minimum absolute atomic E-state index is 0.184. The summed E-state index contributed by atoms with van der Waals surface area (Å²) in [4.78, 5) is 21.2. The van der Waals surface area contributed by atoms with Gasteiger partial charge in [-0.25, -0.2) is 4.79 Å². The minimum Gasteiger partial charge on any atom is -0.444 e. The zero-order valence-electron chi connectivity index (χ0n) is 11.7. The van der Waals surface area contributed by atoms with Crippen molar-refractivity contribution in [1.82, 2.24) is 5.32 Å². The van der Waals surface area contributed by atoms with Crippen LogP contribution in [0.2, 0.25) is 0 Å². The highest BCUT2D eigenvalue weighted by Gasteiger charge is 2.18. The molecule has 0 bridgehead atoms. The molecular formula is C12H19N3O5. The van der Waals surface area contributed by atoms with Gasteiger partial charge in [-0.3, -0.25) is 10.1 Å². The molecule has 0 aliphatic rings. The summed E-state index contributed by atoms with van der Waals surface area (Å²) in [6.07, 6.45) is -0.276. The first-order chi connectivity index (χ1) is 9.17. The lowest BCUT2D eigenvalue weighted by Gasteiger charge is -2.20. The highest BCUT2D eigenvalue weighted by Crippen LogP contribution is 2.16. The lowest BCUT2D eigenvalue weighted by molar-refractivity contribution is -0.402. The normalized spacial score (nSPS) is 12.8.